The normalized spacial score (nSPS) is 10.1. The van der Waals surface area contributed by atoms with E-state index in [4.69, 9.17) is 9.47 Å². The van der Waals surface area contributed by atoms with E-state index in [2.05, 4.69) is 15.9 Å². The molecular formula is C17H15BrO4. The molecule has 2 aromatic rings. The van der Waals surface area contributed by atoms with E-state index in [1.165, 1.54) is 0 Å². The monoisotopic (exact) mass is 362 g/mol. The molecule has 0 radical (unpaired) electrons. The van der Waals surface area contributed by atoms with Crippen molar-refractivity contribution < 1.29 is 19.1 Å². The molecule has 2 rings (SSSR count). The topological polar surface area (TPSA) is 52.6 Å². The maximum absolute atomic E-state index is 12.0. The van der Waals surface area contributed by atoms with Crippen LogP contribution in [0.25, 0.3) is 0 Å². The number of ether oxygens (including phenoxy) is 2. The van der Waals surface area contributed by atoms with E-state index in [1.807, 2.05) is 6.92 Å². The van der Waals surface area contributed by atoms with Gasteiger partial charge < -0.3 is 9.47 Å². The predicted octanol–water partition coefficient (Wildman–Crippen LogP) is 4.24. The molecule has 114 valence electrons. The van der Waals surface area contributed by atoms with Gasteiger partial charge in [-0.25, -0.2) is 9.59 Å². The Labute approximate surface area is 137 Å². The highest BCUT2D eigenvalue weighted by molar-refractivity contribution is 9.10. The molecular weight excluding hydrogens is 348 g/mol. The maximum Gasteiger partial charge on any atom is 0.343 e. The van der Waals surface area contributed by atoms with Crippen LogP contribution in [0.1, 0.15) is 34.1 Å². The van der Waals surface area contributed by atoms with Gasteiger partial charge in [-0.15, -0.1) is 0 Å². The molecule has 0 aromatic heterocycles. The number of hydrogen-bond donors (Lipinski definition) is 0. The van der Waals surface area contributed by atoms with E-state index in [0.29, 0.717) is 23.5 Å². The standard InChI is InChI=1S/C17H15BrO4/c1-2-11-21-16(19)12-5-9-15(10-6-12)22-17(20)13-3-7-14(18)8-4-13/h3-10H,2,11H2,1H3. The van der Waals surface area contributed by atoms with Crippen LogP contribution in [0.4, 0.5) is 0 Å². The molecule has 0 bridgehead atoms. The van der Waals surface area contributed by atoms with Crippen molar-refractivity contribution in [3.05, 3.63) is 64.1 Å². The summed E-state index contributed by atoms with van der Waals surface area (Å²) in [7, 11) is 0. The first-order chi connectivity index (χ1) is 10.6. The summed E-state index contributed by atoms with van der Waals surface area (Å²) in [5.41, 5.74) is 0.881. The maximum atomic E-state index is 12.0. The molecule has 0 aliphatic carbocycles. The molecule has 5 heteroatoms. The molecule has 0 unspecified atom stereocenters. The Morgan fingerprint density at radius 3 is 2.05 bits per heavy atom. The third kappa shape index (κ3) is 4.43. The van der Waals surface area contributed by atoms with Crippen molar-refractivity contribution >= 4 is 27.9 Å². The lowest BCUT2D eigenvalue weighted by Gasteiger charge is -2.06. The molecule has 0 amide bonds. The molecule has 0 spiro atoms. The fourth-order valence-electron chi connectivity index (χ4n) is 1.69. The number of benzene rings is 2. The van der Waals surface area contributed by atoms with E-state index in [1.54, 1.807) is 48.5 Å². The second-order valence-corrected chi connectivity index (χ2v) is 5.47. The largest absolute Gasteiger partial charge is 0.462 e. The van der Waals surface area contributed by atoms with Crippen LogP contribution in [0.5, 0.6) is 5.75 Å². The second kappa shape index (κ2) is 7.75. The number of carbonyl (C=O) groups is 2. The van der Waals surface area contributed by atoms with Crippen LogP contribution in [0, 0.1) is 0 Å². The van der Waals surface area contributed by atoms with Crippen molar-refractivity contribution in [1.29, 1.82) is 0 Å². The van der Waals surface area contributed by atoms with Gasteiger partial charge in [0.05, 0.1) is 17.7 Å². The van der Waals surface area contributed by atoms with Gasteiger partial charge in [-0.05, 0) is 55.0 Å². The Kier molecular flexibility index (Phi) is 5.72. The van der Waals surface area contributed by atoms with Gasteiger partial charge in [0.2, 0.25) is 0 Å². The third-order valence-electron chi connectivity index (χ3n) is 2.82. The second-order valence-electron chi connectivity index (χ2n) is 4.56. The smallest absolute Gasteiger partial charge is 0.343 e. The van der Waals surface area contributed by atoms with Crippen LogP contribution in [0.3, 0.4) is 0 Å². The Morgan fingerprint density at radius 2 is 1.45 bits per heavy atom. The molecule has 0 saturated carbocycles. The van der Waals surface area contributed by atoms with E-state index in [0.717, 1.165) is 10.9 Å². The molecule has 0 aliphatic heterocycles. The van der Waals surface area contributed by atoms with Gasteiger partial charge in [0.25, 0.3) is 0 Å². The minimum Gasteiger partial charge on any atom is -0.462 e. The van der Waals surface area contributed by atoms with Crippen LogP contribution in [-0.2, 0) is 4.74 Å². The first kappa shape index (κ1) is 16.2. The van der Waals surface area contributed by atoms with Crippen LogP contribution in [0.15, 0.2) is 53.0 Å². The Hall–Kier alpha value is -2.14. The van der Waals surface area contributed by atoms with Gasteiger partial charge in [0.15, 0.2) is 0 Å². The first-order valence-electron chi connectivity index (χ1n) is 6.85. The van der Waals surface area contributed by atoms with Crippen LogP contribution in [0.2, 0.25) is 0 Å². The molecule has 0 aliphatic rings. The number of carbonyl (C=O) groups excluding carboxylic acids is 2. The molecule has 0 atom stereocenters. The van der Waals surface area contributed by atoms with Gasteiger partial charge in [-0.2, -0.15) is 0 Å². The van der Waals surface area contributed by atoms with Crippen molar-refractivity contribution in [3.63, 3.8) is 0 Å². The van der Waals surface area contributed by atoms with Crippen LogP contribution >= 0.6 is 15.9 Å². The zero-order chi connectivity index (χ0) is 15.9. The minimum atomic E-state index is -0.450. The van der Waals surface area contributed by atoms with E-state index in [9.17, 15) is 9.59 Å². The number of hydrogen-bond acceptors (Lipinski definition) is 4. The summed E-state index contributed by atoms with van der Waals surface area (Å²) < 4.78 is 11.2. The Morgan fingerprint density at radius 1 is 0.909 bits per heavy atom. The Bertz CT molecular complexity index is 647. The molecule has 0 fully saturated rings. The summed E-state index contributed by atoms with van der Waals surface area (Å²) in [5, 5.41) is 0. The van der Waals surface area contributed by atoms with Crippen molar-refractivity contribution in [2.75, 3.05) is 6.61 Å². The zero-order valence-electron chi connectivity index (χ0n) is 12.0. The fraction of sp³-hybridized carbons (Fsp3) is 0.176. The minimum absolute atomic E-state index is 0.375. The molecule has 0 saturated heterocycles. The fourth-order valence-corrected chi connectivity index (χ4v) is 1.95. The lowest BCUT2D eigenvalue weighted by atomic mass is 10.2. The summed E-state index contributed by atoms with van der Waals surface area (Å²) in [6.07, 6.45) is 0.772. The molecule has 0 N–H and O–H groups in total. The summed E-state index contributed by atoms with van der Waals surface area (Å²) in [6.45, 7) is 2.32. The quantitative estimate of drug-likeness (QED) is 0.589. The van der Waals surface area contributed by atoms with E-state index < -0.39 is 5.97 Å². The average Bonchev–Trinajstić information content (AvgIpc) is 2.54. The SMILES string of the molecule is CCCOC(=O)c1ccc(OC(=O)c2ccc(Br)cc2)cc1. The van der Waals surface area contributed by atoms with Gasteiger partial charge >= 0.3 is 11.9 Å². The van der Waals surface area contributed by atoms with Gasteiger partial charge in [-0.1, -0.05) is 22.9 Å². The predicted molar refractivity (Wildman–Crippen MR) is 86.1 cm³/mol. The van der Waals surface area contributed by atoms with E-state index in [-0.39, 0.29) is 5.97 Å². The first-order valence-corrected chi connectivity index (χ1v) is 7.64. The highest BCUT2D eigenvalue weighted by atomic mass is 79.9. The molecule has 22 heavy (non-hydrogen) atoms. The number of halogens is 1. The van der Waals surface area contributed by atoms with Crippen molar-refractivity contribution in [2.45, 2.75) is 13.3 Å². The molecule has 2 aromatic carbocycles. The highest BCUT2D eigenvalue weighted by Gasteiger charge is 2.10. The average molecular weight is 363 g/mol. The molecule has 4 nitrogen and oxygen atoms in total. The van der Waals surface area contributed by atoms with Gasteiger partial charge in [-0.3, -0.25) is 0 Å². The highest BCUT2D eigenvalue weighted by Crippen LogP contribution is 2.16. The number of rotatable bonds is 5. The molecule has 0 heterocycles. The van der Waals surface area contributed by atoms with Crippen molar-refractivity contribution in [3.8, 4) is 5.75 Å². The third-order valence-corrected chi connectivity index (χ3v) is 3.35. The van der Waals surface area contributed by atoms with Gasteiger partial charge in [0, 0.05) is 4.47 Å². The summed E-state index contributed by atoms with van der Waals surface area (Å²) in [5.74, 6) is -0.457. The van der Waals surface area contributed by atoms with E-state index >= 15 is 0 Å². The van der Waals surface area contributed by atoms with Gasteiger partial charge in [0.1, 0.15) is 5.75 Å². The number of esters is 2. The summed E-state index contributed by atoms with van der Waals surface area (Å²) in [4.78, 5) is 23.6. The lowest BCUT2D eigenvalue weighted by Crippen LogP contribution is -2.09. The summed E-state index contributed by atoms with van der Waals surface area (Å²) in [6, 6.07) is 13.2. The van der Waals surface area contributed by atoms with Crippen LogP contribution < -0.4 is 4.74 Å². The van der Waals surface area contributed by atoms with Crippen molar-refractivity contribution in [2.24, 2.45) is 0 Å². The van der Waals surface area contributed by atoms with Crippen molar-refractivity contribution in [1.82, 2.24) is 0 Å². The van der Waals surface area contributed by atoms with Crippen LogP contribution in [-0.4, -0.2) is 18.5 Å². The summed E-state index contributed by atoms with van der Waals surface area (Å²) >= 11 is 3.30. The Balaban J connectivity index is 2.00. The lowest BCUT2D eigenvalue weighted by molar-refractivity contribution is 0.0505. The zero-order valence-corrected chi connectivity index (χ0v) is 13.6.